The zero-order valence-corrected chi connectivity index (χ0v) is 15.6. The lowest BCUT2D eigenvalue weighted by molar-refractivity contribution is 0.483. The van der Waals surface area contributed by atoms with Gasteiger partial charge in [0.25, 0.3) is 0 Å². The third-order valence-corrected chi connectivity index (χ3v) is 5.18. The Hall–Kier alpha value is -2.95. The molecule has 2 heterocycles. The summed E-state index contributed by atoms with van der Waals surface area (Å²) in [6.45, 7) is 2.11. The largest absolute Gasteiger partial charge is 0.255 e. The van der Waals surface area contributed by atoms with Gasteiger partial charge in [0.2, 0.25) is 0 Å². The van der Waals surface area contributed by atoms with Crippen molar-refractivity contribution in [1.29, 1.82) is 0 Å². The lowest BCUT2D eigenvalue weighted by atomic mass is 9.89. The van der Waals surface area contributed by atoms with Crippen LogP contribution in [0.25, 0.3) is 0 Å². The molecule has 1 aromatic heterocycles. The van der Waals surface area contributed by atoms with Crippen LogP contribution in [0.15, 0.2) is 72.4 Å². The van der Waals surface area contributed by atoms with E-state index in [1.54, 1.807) is 12.7 Å². The number of anilines is 1. The summed E-state index contributed by atoms with van der Waals surface area (Å²) in [4.78, 5) is 4.20. The molecule has 0 bridgehead atoms. The third-order valence-electron chi connectivity index (χ3n) is 5.18. The average molecular weight is 366 g/mol. The van der Waals surface area contributed by atoms with E-state index in [0.717, 1.165) is 17.3 Å². The molecule has 1 fully saturated rings. The van der Waals surface area contributed by atoms with Crippen LogP contribution in [0.4, 0.5) is 5.69 Å². The Bertz CT molecular complexity index is 940. The summed E-state index contributed by atoms with van der Waals surface area (Å²) in [6.07, 6.45) is 11.6. The summed E-state index contributed by atoms with van der Waals surface area (Å²) in [6, 6.07) is 18.9. The van der Waals surface area contributed by atoms with E-state index in [9.17, 15) is 0 Å². The second-order valence-electron chi connectivity index (χ2n) is 7.01. The van der Waals surface area contributed by atoms with Crippen molar-refractivity contribution in [3.63, 3.8) is 0 Å². The predicted molar refractivity (Wildman–Crippen MR) is 110 cm³/mol. The van der Waals surface area contributed by atoms with E-state index in [-0.39, 0.29) is 12.1 Å². The number of aromatic nitrogens is 3. The van der Waals surface area contributed by atoms with E-state index in [1.165, 1.54) is 11.1 Å². The maximum Gasteiger partial charge on any atom is 0.137 e. The Labute approximate surface area is 165 Å². The maximum absolute atomic E-state index is 5.08. The fourth-order valence-electron chi connectivity index (χ4n) is 3.81. The highest BCUT2D eigenvalue weighted by molar-refractivity contribution is 6.07. The number of hydrogen-bond acceptors (Lipinski definition) is 4. The summed E-state index contributed by atoms with van der Waals surface area (Å²) in [5.74, 6) is 1.11. The fraction of sp³-hybridized carbons (Fsp3) is 0.130. The Morgan fingerprint density at radius 3 is 2.29 bits per heavy atom. The van der Waals surface area contributed by atoms with Crippen LogP contribution < -0.4 is 5.01 Å². The molecule has 5 nitrogen and oxygen atoms in total. The fourth-order valence-corrected chi connectivity index (χ4v) is 3.81. The zero-order valence-electron chi connectivity index (χ0n) is 15.6. The van der Waals surface area contributed by atoms with E-state index in [4.69, 9.17) is 5.10 Å². The van der Waals surface area contributed by atoms with Crippen molar-refractivity contribution < 1.29 is 0 Å². The van der Waals surface area contributed by atoms with E-state index < -0.39 is 0 Å². The van der Waals surface area contributed by atoms with Crippen LogP contribution >= 0.6 is 0 Å². The lowest BCUT2D eigenvalue weighted by Gasteiger charge is -2.29. The zero-order chi connectivity index (χ0) is 18.9. The van der Waals surface area contributed by atoms with Crippen molar-refractivity contribution >= 4 is 11.4 Å². The minimum Gasteiger partial charge on any atom is -0.255 e. The molecule has 1 aliphatic heterocycles. The number of aryl methyl sites for hydroxylation is 1. The van der Waals surface area contributed by atoms with Crippen LogP contribution in [0.3, 0.4) is 0 Å². The monoisotopic (exact) mass is 366 g/mol. The Morgan fingerprint density at radius 1 is 0.857 bits per heavy atom. The summed E-state index contributed by atoms with van der Waals surface area (Å²) in [5, 5.41) is 11.7. The van der Waals surface area contributed by atoms with Crippen LogP contribution in [0.2, 0.25) is 0 Å². The van der Waals surface area contributed by atoms with E-state index in [2.05, 4.69) is 71.3 Å². The van der Waals surface area contributed by atoms with Gasteiger partial charge in [-0.15, -0.1) is 0 Å². The standard InChI is InChI=1S/C23H20N5/c1-17-11-13-19(14-12-17)22-23(27-16-24-15-25-27)21(18-7-5-6-8-18)26-28(22)20-9-3-2-4-10-20/h2-16,22-23H,1H3/t22-,23+/m0/s1. The molecule has 2 aliphatic rings. The molecule has 5 heteroatoms. The highest BCUT2D eigenvalue weighted by atomic mass is 15.5. The smallest absolute Gasteiger partial charge is 0.137 e. The van der Waals surface area contributed by atoms with Gasteiger partial charge in [-0.25, -0.2) is 9.67 Å². The van der Waals surface area contributed by atoms with Gasteiger partial charge in [0, 0.05) is 5.92 Å². The van der Waals surface area contributed by atoms with Crippen molar-refractivity contribution in [2.75, 3.05) is 5.01 Å². The molecular weight excluding hydrogens is 346 g/mol. The third kappa shape index (κ3) is 3.01. The first-order valence-corrected chi connectivity index (χ1v) is 9.37. The van der Waals surface area contributed by atoms with Crippen molar-refractivity contribution in [1.82, 2.24) is 14.8 Å². The van der Waals surface area contributed by atoms with E-state index >= 15 is 0 Å². The molecule has 5 rings (SSSR count). The molecule has 0 amide bonds. The summed E-state index contributed by atoms with van der Waals surface area (Å²) in [5.41, 5.74) is 4.48. The SMILES string of the molecule is Cc1ccc([C@H]2[C@H](n3cncn3)C([C]3[CH][CH][CH][CH]3)=NN2c2ccccc2)cc1. The Morgan fingerprint density at radius 2 is 1.61 bits per heavy atom. The number of benzene rings is 2. The van der Waals surface area contributed by atoms with E-state index in [1.807, 2.05) is 35.7 Å². The Kier molecular flexibility index (Phi) is 4.43. The molecule has 1 saturated carbocycles. The number of hydrogen-bond donors (Lipinski definition) is 0. The number of hydrazone groups is 1. The van der Waals surface area contributed by atoms with Crippen molar-refractivity contribution in [2.45, 2.75) is 19.0 Å². The quantitative estimate of drug-likeness (QED) is 0.697. The first-order valence-electron chi connectivity index (χ1n) is 9.37. The van der Waals surface area contributed by atoms with Gasteiger partial charge in [0.05, 0.1) is 11.4 Å². The van der Waals surface area contributed by atoms with Gasteiger partial charge < -0.3 is 0 Å². The molecule has 2 aromatic carbocycles. The predicted octanol–water partition coefficient (Wildman–Crippen LogP) is 4.15. The second kappa shape index (κ2) is 7.23. The molecule has 0 unspecified atom stereocenters. The second-order valence-corrected chi connectivity index (χ2v) is 7.01. The van der Waals surface area contributed by atoms with Crippen molar-refractivity contribution in [3.05, 3.63) is 110 Å². The van der Waals surface area contributed by atoms with Gasteiger partial charge >= 0.3 is 0 Å². The number of para-hydroxylation sites is 1. The van der Waals surface area contributed by atoms with Crippen molar-refractivity contribution in [2.24, 2.45) is 5.10 Å². The first kappa shape index (κ1) is 17.2. The van der Waals surface area contributed by atoms with Crippen LogP contribution in [0.1, 0.15) is 23.2 Å². The first-order chi connectivity index (χ1) is 13.8. The number of nitrogens with zero attached hydrogens (tertiary/aromatic N) is 5. The molecule has 28 heavy (non-hydrogen) atoms. The van der Waals surface area contributed by atoms with Crippen molar-refractivity contribution in [3.8, 4) is 0 Å². The summed E-state index contributed by atoms with van der Waals surface area (Å²) in [7, 11) is 0. The molecule has 0 saturated heterocycles. The van der Waals surface area contributed by atoms with Crippen LogP contribution in [0, 0.1) is 38.5 Å². The van der Waals surface area contributed by atoms with Gasteiger partial charge in [0.1, 0.15) is 24.7 Å². The normalized spacial score (nSPS) is 22.6. The minimum absolute atomic E-state index is 0.0189. The lowest BCUT2D eigenvalue weighted by Crippen LogP contribution is -2.30. The average Bonchev–Trinajstić information content (AvgIpc) is 3.48. The highest BCUT2D eigenvalue weighted by Crippen LogP contribution is 2.45. The van der Waals surface area contributed by atoms with Gasteiger partial charge in [0.15, 0.2) is 0 Å². The van der Waals surface area contributed by atoms with Gasteiger partial charge in [-0.3, -0.25) is 5.01 Å². The van der Waals surface area contributed by atoms with Crippen LogP contribution in [-0.4, -0.2) is 20.5 Å². The molecular formula is C23H20N5. The van der Waals surface area contributed by atoms with Crippen LogP contribution in [0.5, 0.6) is 0 Å². The number of rotatable bonds is 4. The summed E-state index contributed by atoms with van der Waals surface area (Å²) >= 11 is 0. The molecule has 0 spiro atoms. The van der Waals surface area contributed by atoms with Gasteiger partial charge in [-0.1, -0.05) is 48.0 Å². The topological polar surface area (TPSA) is 46.3 Å². The molecule has 0 N–H and O–H groups in total. The minimum atomic E-state index is -0.0761. The van der Waals surface area contributed by atoms with Gasteiger partial charge in [-0.05, 0) is 50.3 Å². The maximum atomic E-state index is 5.08. The summed E-state index contributed by atoms with van der Waals surface area (Å²) < 4.78 is 1.92. The molecule has 1 aliphatic carbocycles. The molecule has 5 radical (unpaired) electrons. The van der Waals surface area contributed by atoms with E-state index in [0.29, 0.717) is 0 Å². The highest BCUT2D eigenvalue weighted by Gasteiger charge is 2.44. The Balaban J connectivity index is 1.65. The molecule has 3 aromatic rings. The molecule has 137 valence electrons. The molecule has 2 atom stereocenters. The van der Waals surface area contributed by atoms with Crippen LogP contribution in [-0.2, 0) is 0 Å². The van der Waals surface area contributed by atoms with Gasteiger partial charge in [-0.2, -0.15) is 10.2 Å².